The van der Waals surface area contributed by atoms with Gasteiger partial charge < -0.3 is 11.5 Å². The topological polar surface area (TPSA) is 84.7 Å². The number of rotatable bonds is 4. The number of carbonyl (C=O) groups excluding carboxylic acids is 1. The quantitative estimate of drug-likeness (QED) is 0.621. The van der Waals surface area contributed by atoms with E-state index < -0.39 is 29.5 Å². The molecule has 0 aromatic heterocycles. The molecular formula is C20H21F3N4O. The van der Waals surface area contributed by atoms with Gasteiger partial charge in [-0.05, 0) is 17.2 Å². The van der Waals surface area contributed by atoms with Gasteiger partial charge in [-0.25, -0.2) is 0 Å². The first kappa shape index (κ1) is 19.9. The van der Waals surface area contributed by atoms with Crippen LogP contribution in [-0.2, 0) is 17.5 Å². The number of nitrogens with two attached hydrogens (primary N) is 2. The van der Waals surface area contributed by atoms with Crippen molar-refractivity contribution in [1.82, 2.24) is 4.90 Å². The normalized spacial score (nSPS) is 20.1. The van der Waals surface area contributed by atoms with E-state index in [4.69, 9.17) is 11.5 Å². The summed E-state index contributed by atoms with van der Waals surface area (Å²) in [6, 6.07) is 14.8. The van der Waals surface area contributed by atoms with E-state index in [0.717, 1.165) is 17.7 Å². The average Bonchev–Trinajstić information content (AvgIpc) is 3.05. The molecule has 2 aromatic carbocycles. The van der Waals surface area contributed by atoms with Crippen molar-refractivity contribution >= 4 is 11.9 Å². The highest BCUT2D eigenvalue weighted by atomic mass is 19.4. The molecule has 0 radical (unpaired) electrons. The fraction of sp³-hybridized carbons (Fsp3) is 0.300. The lowest BCUT2D eigenvalue weighted by Crippen LogP contribution is -2.28. The van der Waals surface area contributed by atoms with Crippen molar-refractivity contribution in [3.05, 3.63) is 71.3 Å². The number of nitrogens with zero attached hydrogens (tertiary/aromatic N) is 2. The minimum Gasteiger partial charge on any atom is -0.370 e. The van der Waals surface area contributed by atoms with E-state index in [1.54, 1.807) is 6.07 Å². The maximum absolute atomic E-state index is 13.1. The van der Waals surface area contributed by atoms with Crippen LogP contribution >= 0.6 is 0 Å². The Hall–Kier alpha value is -2.87. The molecular weight excluding hydrogens is 369 g/mol. The zero-order valence-electron chi connectivity index (χ0n) is 15.1. The molecule has 0 saturated carbocycles. The molecule has 0 aliphatic carbocycles. The summed E-state index contributed by atoms with van der Waals surface area (Å²) < 4.78 is 39.3. The molecule has 2 atom stereocenters. The third-order valence-corrected chi connectivity index (χ3v) is 4.84. The minimum absolute atomic E-state index is 0.352. The van der Waals surface area contributed by atoms with Crippen molar-refractivity contribution in [3.63, 3.8) is 0 Å². The molecule has 0 bridgehead atoms. The number of halogens is 3. The third-order valence-electron chi connectivity index (χ3n) is 4.84. The number of likely N-dealkylation sites (tertiary alicyclic amines) is 1. The Labute approximate surface area is 160 Å². The number of amides is 1. The van der Waals surface area contributed by atoms with Crippen molar-refractivity contribution in [1.29, 1.82) is 0 Å². The molecule has 1 saturated heterocycles. The summed E-state index contributed by atoms with van der Waals surface area (Å²) in [6.45, 7) is 1.39. The van der Waals surface area contributed by atoms with Crippen LogP contribution in [0.4, 0.5) is 13.2 Å². The van der Waals surface area contributed by atoms with E-state index >= 15 is 0 Å². The third kappa shape index (κ3) is 4.69. The molecule has 3 rings (SSSR count). The standard InChI is InChI=1S/C20H21F3N4O/c21-20(22,23)15-8-4-7-14(9-15)16-11-27(10-13-5-2-1-3-6-13)12-17(16)18(28)26-19(24)25/h1-9,16-17H,10-12H2,(H4,24,25,26,28)/t16-,17+/m1/s1. The lowest BCUT2D eigenvalue weighted by molar-refractivity contribution is -0.137. The number of hydrogen-bond acceptors (Lipinski definition) is 2. The Kier molecular flexibility index (Phi) is 5.69. The van der Waals surface area contributed by atoms with Gasteiger partial charge in [0.1, 0.15) is 0 Å². The number of alkyl halides is 3. The molecule has 1 fully saturated rings. The fourth-order valence-corrected chi connectivity index (χ4v) is 3.60. The zero-order chi connectivity index (χ0) is 20.3. The molecule has 5 nitrogen and oxygen atoms in total. The Bertz CT molecular complexity index is 863. The summed E-state index contributed by atoms with van der Waals surface area (Å²) in [5.41, 5.74) is 11.4. The second kappa shape index (κ2) is 8.02. The number of aliphatic imine (C=N–C) groups is 1. The van der Waals surface area contributed by atoms with Gasteiger partial charge in [-0.1, -0.05) is 48.5 Å². The second-order valence-corrected chi connectivity index (χ2v) is 6.89. The van der Waals surface area contributed by atoms with E-state index in [0.29, 0.717) is 25.2 Å². The van der Waals surface area contributed by atoms with Crippen molar-refractivity contribution in [2.75, 3.05) is 13.1 Å². The summed E-state index contributed by atoms with van der Waals surface area (Å²) in [5.74, 6) is -1.91. The summed E-state index contributed by atoms with van der Waals surface area (Å²) in [5, 5.41) is 0. The lowest BCUT2D eigenvalue weighted by Gasteiger charge is -2.18. The van der Waals surface area contributed by atoms with E-state index in [2.05, 4.69) is 4.99 Å². The minimum atomic E-state index is -4.45. The highest BCUT2D eigenvalue weighted by Crippen LogP contribution is 2.37. The van der Waals surface area contributed by atoms with Crippen LogP contribution in [0.25, 0.3) is 0 Å². The van der Waals surface area contributed by atoms with Gasteiger partial charge in [-0.3, -0.25) is 9.69 Å². The maximum atomic E-state index is 13.1. The van der Waals surface area contributed by atoms with Crippen LogP contribution in [0.15, 0.2) is 59.6 Å². The monoisotopic (exact) mass is 390 g/mol. The molecule has 0 unspecified atom stereocenters. The number of carbonyl (C=O) groups is 1. The maximum Gasteiger partial charge on any atom is 0.416 e. The smallest absolute Gasteiger partial charge is 0.370 e. The van der Waals surface area contributed by atoms with Crippen molar-refractivity contribution in [2.45, 2.75) is 18.6 Å². The first-order valence-corrected chi connectivity index (χ1v) is 8.81. The highest BCUT2D eigenvalue weighted by Gasteiger charge is 2.39. The highest BCUT2D eigenvalue weighted by molar-refractivity contribution is 5.93. The van der Waals surface area contributed by atoms with Crippen LogP contribution in [-0.4, -0.2) is 29.9 Å². The fourth-order valence-electron chi connectivity index (χ4n) is 3.60. The van der Waals surface area contributed by atoms with Crippen LogP contribution in [0.2, 0.25) is 0 Å². The summed E-state index contributed by atoms with van der Waals surface area (Å²) >= 11 is 0. The van der Waals surface area contributed by atoms with Gasteiger partial charge in [-0.2, -0.15) is 18.2 Å². The summed E-state index contributed by atoms with van der Waals surface area (Å²) in [4.78, 5) is 18.2. The van der Waals surface area contributed by atoms with Crippen LogP contribution in [0, 0.1) is 5.92 Å². The molecule has 148 valence electrons. The zero-order valence-corrected chi connectivity index (χ0v) is 15.1. The van der Waals surface area contributed by atoms with Gasteiger partial charge in [0, 0.05) is 25.6 Å². The molecule has 2 aromatic rings. The average molecular weight is 390 g/mol. The molecule has 1 amide bonds. The van der Waals surface area contributed by atoms with Crippen molar-refractivity contribution < 1.29 is 18.0 Å². The number of guanidine groups is 1. The van der Waals surface area contributed by atoms with E-state index in [1.165, 1.54) is 6.07 Å². The predicted octanol–water partition coefficient (Wildman–Crippen LogP) is 2.72. The largest absolute Gasteiger partial charge is 0.416 e. The Balaban J connectivity index is 1.89. The summed E-state index contributed by atoms with van der Waals surface area (Å²) in [6.07, 6.45) is -4.45. The Morgan fingerprint density at radius 1 is 1.07 bits per heavy atom. The number of benzene rings is 2. The van der Waals surface area contributed by atoms with E-state index in [-0.39, 0.29) is 5.96 Å². The van der Waals surface area contributed by atoms with Crippen molar-refractivity contribution in [3.8, 4) is 0 Å². The summed E-state index contributed by atoms with van der Waals surface area (Å²) in [7, 11) is 0. The number of hydrogen-bond donors (Lipinski definition) is 2. The van der Waals surface area contributed by atoms with E-state index in [1.807, 2.05) is 35.2 Å². The predicted molar refractivity (Wildman–Crippen MR) is 100 cm³/mol. The first-order chi connectivity index (χ1) is 13.2. The van der Waals surface area contributed by atoms with Gasteiger partial charge in [-0.15, -0.1) is 0 Å². The first-order valence-electron chi connectivity index (χ1n) is 8.81. The molecule has 8 heteroatoms. The molecule has 1 aliphatic heterocycles. The van der Waals surface area contributed by atoms with Crippen molar-refractivity contribution in [2.24, 2.45) is 22.4 Å². The Morgan fingerprint density at radius 3 is 2.43 bits per heavy atom. The van der Waals surface area contributed by atoms with Crippen LogP contribution in [0.5, 0.6) is 0 Å². The van der Waals surface area contributed by atoms with Crippen LogP contribution < -0.4 is 11.5 Å². The molecule has 4 N–H and O–H groups in total. The molecule has 0 spiro atoms. The van der Waals surface area contributed by atoms with E-state index in [9.17, 15) is 18.0 Å². The van der Waals surface area contributed by atoms with Gasteiger partial charge in [0.05, 0.1) is 11.5 Å². The lowest BCUT2D eigenvalue weighted by atomic mass is 9.87. The van der Waals surface area contributed by atoms with Gasteiger partial charge in [0.25, 0.3) is 5.91 Å². The molecule has 1 heterocycles. The SMILES string of the molecule is NC(N)=NC(=O)[C@H]1CN(Cc2ccccc2)C[C@@H]1c1cccc(C(F)(F)F)c1. The molecule has 1 aliphatic rings. The van der Waals surface area contributed by atoms with Gasteiger partial charge in [0.2, 0.25) is 0 Å². The second-order valence-electron chi connectivity index (χ2n) is 6.89. The Morgan fingerprint density at radius 2 is 1.79 bits per heavy atom. The van der Waals surface area contributed by atoms with Gasteiger partial charge >= 0.3 is 6.18 Å². The van der Waals surface area contributed by atoms with Crippen LogP contribution in [0.3, 0.4) is 0 Å². The van der Waals surface area contributed by atoms with Gasteiger partial charge in [0.15, 0.2) is 5.96 Å². The molecule has 28 heavy (non-hydrogen) atoms. The van der Waals surface area contributed by atoms with Crippen LogP contribution in [0.1, 0.15) is 22.6 Å².